The van der Waals surface area contributed by atoms with Crippen LogP contribution in [0, 0.1) is 0 Å². The minimum absolute atomic E-state index is 0.0154. The highest BCUT2D eigenvalue weighted by Crippen LogP contribution is 2.50. The zero-order valence-electron chi connectivity index (χ0n) is 20.3. The molecule has 0 bridgehead atoms. The van der Waals surface area contributed by atoms with Crippen molar-refractivity contribution in [3.63, 3.8) is 0 Å². The van der Waals surface area contributed by atoms with Gasteiger partial charge in [0, 0.05) is 29.8 Å². The van der Waals surface area contributed by atoms with E-state index in [-0.39, 0.29) is 5.78 Å². The Bertz CT molecular complexity index is 1010. The van der Waals surface area contributed by atoms with Gasteiger partial charge in [0.25, 0.3) is 0 Å². The Balaban J connectivity index is 1.36. The van der Waals surface area contributed by atoms with Crippen LogP contribution in [0.25, 0.3) is 11.1 Å². The number of benzene rings is 2. The van der Waals surface area contributed by atoms with E-state index in [4.69, 9.17) is 14.2 Å². The topological polar surface area (TPSA) is 51.2 Å². The van der Waals surface area contributed by atoms with Gasteiger partial charge in [0.2, 0.25) is 0 Å². The highest BCUT2D eigenvalue weighted by molar-refractivity contribution is 6.25. The molecule has 0 unspecified atom stereocenters. The smallest absolute Gasteiger partial charge is 0.198 e. The van der Waals surface area contributed by atoms with Gasteiger partial charge in [-0.3, -0.25) is 14.6 Å². The van der Waals surface area contributed by atoms with Crippen LogP contribution in [0.3, 0.4) is 0 Å². The van der Waals surface area contributed by atoms with Gasteiger partial charge in [0.15, 0.2) is 5.78 Å². The third-order valence-corrected chi connectivity index (χ3v) is 7.32. The predicted octanol–water partition coefficient (Wildman–Crippen LogP) is 4.64. The first kappa shape index (κ1) is 23.2. The summed E-state index contributed by atoms with van der Waals surface area (Å²) in [5.41, 5.74) is 2.89. The first-order valence-corrected chi connectivity index (χ1v) is 12.9. The van der Waals surface area contributed by atoms with Crippen molar-refractivity contribution in [2.45, 2.75) is 38.5 Å². The van der Waals surface area contributed by atoms with Crippen molar-refractivity contribution < 1.29 is 19.0 Å². The average molecular weight is 465 g/mol. The Morgan fingerprint density at radius 3 is 1.82 bits per heavy atom. The van der Waals surface area contributed by atoms with Gasteiger partial charge in [-0.15, -0.1) is 0 Å². The second kappa shape index (κ2) is 10.8. The van der Waals surface area contributed by atoms with Crippen molar-refractivity contribution in [1.82, 2.24) is 9.80 Å². The first-order chi connectivity index (χ1) is 16.8. The molecule has 0 atom stereocenters. The van der Waals surface area contributed by atoms with Gasteiger partial charge in [0.05, 0.1) is 12.7 Å². The molecule has 2 fully saturated rings. The van der Waals surface area contributed by atoms with Crippen LogP contribution in [0.15, 0.2) is 30.3 Å². The van der Waals surface area contributed by atoms with Crippen molar-refractivity contribution in [3.8, 4) is 28.4 Å². The molecule has 0 N–H and O–H groups in total. The molecule has 0 radical (unpaired) electrons. The molecule has 0 spiro atoms. The van der Waals surface area contributed by atoms with Crippen LogP contribution in [0.2, 0.25) is 0 Å². The average Bonchev–Trinajstić information content (AvgIpc) is 3.19. The zero-order chi connectivity index (χ0) is 23.3. The predicted molar refractivity (Wildman–Crippen MR) is 133 cm³/mol. The highest BCUT2D eigenvalue weighted by atomic mass is 16.5. The lowest BCUT2D eigenvalue weighted by Crippen LogP contribution is -2.33. The van der Waals surface area contributed by atoms with E-state index in [9.17, 15) is 4.79 Å². The molecule has 5 rings (SSSR count). The fraction of sp³-hybridized carbons (Fsp3) is 0.536. The van der Waals surface area contributed by atoms with E-state index in [2.05, 4.69) is 9.80 Å². The quantitative estimate of drug-likeness (QED) is 0.460. The van der Waals surface area contributed by atoms with Crippen LogP contribution in [-0.2, 0) is 0 Å². The molecule has 2 aliphatic heterocycles. The lowest BCUT2D eigenvalue weighted by atomic mass is 10.0. The van der Waals surface area contributed by atoms with Crippen molar-refractivity contribution in [2.75, 3.05) is 59.6 Å². The van der Waals surface area contributed by atoms with Gasteiger partial charge < -0.3 is 14.2 Å². The number of carbonyl (C=O) groups excluding carboxylic acids is 1. The Morgan fingerprint density at radius 1 is 0.676 bits per heavy atom. The number of likely N-dealkylation sites (tertiary alicyclic amines) is 2. The van der Waals surface area contributed by atoms with Crippen molar-refractivity contribution in [2.24, 2.45) is 0 Å². The van der Waals surface area contributed by atoms with Crippen LogP contribution < -0.4 is 14.2 Å². The van der Waals surface area contributed by atoms with E-state index < -0.39 is 0 Å². The fourth-order valence-electron chi connectivity index (χ4n) is 5.50. The molecule has 6 heteroatoms. The number of ether oxygens (including phenoxy) is 3. The molecule has 0 amide bonds. The van der Waals surface area contributed by atoms with Gasteiger partial charge >= 0.3 is 0 Å². The van der Waals surface area contributed by atoms with Crippen LogP contribution >= 0.6 is 0 Å². The van der Waals surface area contributed by atoms with Crippen LogP contribution in [-0.4, -0.2) is 75.2 Å². The minimum atomic E-state index is -0.0154. The Hall–Kier alpha value is -2.57. The monoisotopic (exact) mass is 464 g/mol. The Kier molecular flexibility index (Phi) is 7.36. The van der Waals surface area contributed by atoms with Gasteiger partial charge in [-0.1, -0.05) is 25.0 Å². The molecule has 34 heavy (non-hydrogen) atoms. The van der Waals surface area contributed by atoms with Crippen LogP contribution in [0.4, 0.5) is 0 Å². The normalized spacial score (nSPS) is 18.4. The summed E-state index contributed by atoms with van der Waals surface area (Å²) in [6.45, 7) is 7.51. The Labute approximate surface area is 202 Å². The number of fused-ring (bicyclic) bond motifs is 3. The van der Waals surface area contributed by atoms with E-state index >= 15 is 0 Å². The van der Waals surface area contributed by atoms with Crippen LogP contribution in [0.5, 0.6) is 17.2 Å². The van der Waals surface area contributed by atoms with E-state index in [1.807, 2.05) is 30.3 Å². The molecule has 0 aromatic heterocycles. The fourth-order valence-corrected chi connectivity index (χ4v) is 5.50. The molecule has 2 aromatic carbocycles. The third-order valence-electron chi connectivity index (χ3n) is 7.32. The number of carbonyl (C=O) groups is 1. The number of hydrogen-bond donors (Lipinski definition) is 0. The molecule has 0 saturated carbocycles. The summed E-state index contributed by atoms with van der Waals surface area (Å²) >= 11 is 0. The summed E-state index contributed by atoms with van der Waals surface area (Å²) in [6.07, 6.45) is 7.68. The summed E-state index contributed by atoms with van der Waals surface area (Å²) in [5, 5.41) is 0. The maximum absolute atomic E-state index is 13.5. The summed E-state index contributed by atoms with van der Waals surface area (Å²) < 4.78 is 18.1. The molecule has 2 aromatic rings. The number of piperidine rings is 2. The molecule has 1 aliphatic carbocycles. The zero-order valence-corrected chi connectivity index (χ0v) is 20.3. The number of methoxy groups -OCH3 is 1. The van der Waals surface area contributed by atoms with Crippen molar-refractivity contribution >= 4 is 5.78 Å². The van der Waals surface area contributed by atoms with Gasteiger partial charge in [-0.2, -0.15) is 0 Å². The summed E-state index contributed by atoms with van der Waals surface area (Å²) in [4.78, 5) is 18.4. The minimum Gasteiger partial charge on any atom is -0.496 e. The lowest BCUT2D eigenvalue weighted by Gasteiger charge is -2.26. The molecule has 2 saturated heterocycles. The van der Waals surface area contributed by atoms with E-state index in [1.165, 1.54) is 38.5 Å². The van der Waals surface area contributed by atoms with E-state index in [0.717, 1.165) is 56.1 Å². The lowest BCUT2D eigenvalue weighted by molar-refractivity contribution is 0.103. The molecule has 182 valence electrons. The van der Waals surface area contributed by atoms with E-state index in [0.29, 0.717) is 35.8 Å². The highest BCUT2D eigenvalue weighted by Gasteiger charge is 2.35. The summed E-state index contributed by atoms with van der Waals surface area (Å²) in [7, 11) is 1.65. The first-order valence-electron chi connectivity index (χ1n) is 12.9. The van der Waals surface area contributed by atoms with Gasteiger partial charge in [0.1, 0.15) is 30.5 Å². The number of rotatable bonds is 9. The summed E-state index contributed by atoms with van der Waals surface area (Å²) in [5.74, 6) is 2.04. The SMILES string of the molecule is COc1ccc(OCCN2CCCCC2)c2c1-c1c(OCCN3CCCCC3)cccc1C2=O. The largest absolute Gasteiger partial charge is 0.496 e. The van der Waals surface area contributed by atoms with Gasteiger partial charge in [-0.05, 0) is 70.1 Å². The molecule has 2 heterocycles. The Morgan fingerprint density at radius 2 is 1.24 bits per heavy atom. The molecule has 3 aliphatic rings. The third kappa shape index (κ3) is 4.80. The van der Waals surface area contributed by atoms with Crippen LogP contribution in [0.1, 0.15) is 54.4 Å². The number of ketones is 1. The van der Waals surface area contributed by atoms with Gasteiger partial charge in [-0.25, -0.2) is 0 Å². The van der Waals surface area contributed by atoms with E-state index in [1.54, 1.807) is 7.11 Å². The standard InChI is InChI=1S/C28H36N2O4/c1-32-22-11-12-24(34-20-18-30-15-6-3-7-16-30)27-26(22)25-21(28(27)31)9-8-10-23(25)33-19-17-29-13-4-2-5-14-29/h8-12H,2-7,13-20H2,1H3. The molecular weight excluding hydrogens is 428 g/mol. The van der Waals surface area contributed by atoms with Crippen molar-refractivity contribution in [1.29, 1.82) is 0 Å². The second-order valence-electron chi connectivity index (χ2n) is 9.53. The van der Waals surface area contributed by atoms with Crippen molar-refractivity contribution in [3.05, 3.63) is 41.5 Å². The molecule has 6 nitrogen and oxygen atoms in total. The molecular formula is C28H36N2O4. The maximum Gasteiger partial charge on any atom is 0.198 e. The second-order valence-corrected chi connectivity index (χ2v) is 9.53. The number of nitrogens with zero attached hydrogens (tertiary/aromatic N) is 2. The maximum atomic E-state index is 13.5. The summed E-state index contributed by atoms with van der Waals surface area (Å²) in [6, 6.07) is 9.52. The number of hydrogen-bond acceptors (Lipinski definition) is 6.